The van der Waals surface area contributed by atoms with Crippen molar-refractivity contribution in [2.45, 2.75) is 6.92 Å². The summed E-state index contributed by atoms with van der Waals surface area (Å²) >= 11 is 2.10. The van der Waals surface area contributed by atoms with Crippen LogP contribution in [0.3, 0.4) is 0 Å². The van der Waals surface area contributed by atoms with Crippen molar-refractivity contribution >= 4 is 46.2 Å². The molecule has 2 amide bonds. The van der Waals surface area contributed by atoms with Crippen molar-refractivity contribution in [1.29, 1.82) is 0 Å². The van der Waals surface area contributed by atoms with Gasteiger partial charge in [0.15, 0.2) is 0 Å². The number of carbonyl (C=O) groups excluding carboxylic acids is 2. The average Bonchev–Trinajstić information content (AvgIpc) is 2.75. The van der Waals surface area contributed by atoms with Crippen molar-refractivity contribution in [3.05, 3.63) is 98.8 Å². The van der Waals surface area contributed by atoms with Crippen molar-refractivity contribution in [2.24, 2.45) is 0 Å². The number of amides is 2. The zero-order valence-electron chi connectivity index (χ0n) is 16.6. The van der Waals surface area contributed by atoms with Gasteiger partial charge in [-0.3, -0.25) is 9.59 Å². The van der Waals surface area contributed by atoms with Gasteiger partial charge in [0.2, 0.25) is 0 Å². The van der Waals surface area contributed by atoms with Crippen LogP contribution in [0.15, 0.2) is 78.5 Å². The molecule has 0 fully saturated rings. The van der Waals surface area contributed by atoms with Crippen molar-refractivity contribution in [3.63, 3.8) is 0 Å². The molecule has 0 atom stereocenters. The maximum Gasteiger partial charge on any atom is 0.272 e. The van der Waals surface area contributed by atoms with Crippen molar-refractivity contribution in [3.8, 4) is 5.75 Å². The first-order chi connectivity index (χ1) is 14.5. The standard InChI is InChI=1S/C24H21IN2O3/c1-16-7-11-18(12-8-16)26-24(29)22(15-17-9-13-19(30-2)14-10-17)27-23(28)20-5-3-4-6-21(20)25/h3-15H,1-2H3,(H,26,29)(H,27,28)/b22-15+. The van der Waals surface area contributed by atoms with Crippen LogP contribution in [0, 0.1) is 10.5 Å². The number of ether oxygens (including phenoxy) is 1. The second kappa shape index (κ2) is 10.1. The average molecular weight is 512 g/mol. The molecule has 2 N–H and O–H groups in total. The molecule has 0 unspecified atom stereocenters. The van der Waals surface area contributed by atoms with Gasteiger partial charge in [0.25, 0.3) is 11.8 Å². The fraction of sp³-hybridized carbons (Fsp3) is 0.0833. The van der Waals surface area contributed by atoms with Gasteiger partial charge in [0.1, 0.15) is 11.4 Å². The lowest BCUT2D eigenvalue weighted by atomic mass is 10.1. The Bertz CT molecular complexity index is 1070. The molecule has 0 aromatic heterocycles. The van der Waals surface area contributed by atoms with E-state index in [4.69, 9.17) is 4.74 Å². The van der Waals surface area contributed by atoms with E-state index in [0.29, 0.717) is 17.0 Å². The van der Waals surface area contributed by atoms with E-state index < -0.39 is 5.91 Å². The third-order valence-corrected chi connectivity index (χ3v) is 5.29. The predicted octanol–water partition coefficient (Wildman–Crippen LogP) is 5.02. The van der Waals surface area contributed by atoms with Crippen LogP contribution in [-0.2, 0) is 4.79 Å². The second-order valence-corrected chi connectivity index (χ2v) is 7.75. The van der Waals surface area contributed by atoms with E-state index in [1.807, 2.05) is 55.5 Å². The summed E-state index contributed by atoms with van der Waals surface area (Å²) in [7, 11) is 1.59. The number of anilines is 1. The third kappa shape index (κ3) is 5.70. The smallest absolute Gasteiger partial charge is 0.272 e. The first-order valence-electron chi connectivity index (χ1n) is 9.26. The largest absolute Gasteiger partial charge is 0.497 e. The topological polar surface area (TPSA) is 67.4 Å². The van der Waals surface area contributed by atoms with Crippen LogP contribution >= 0.6 is 22.6 Å². The Morgan fingerprint density at radius 3 is 2.23 bits per heavy atom. The Balaban J connectivity index is 1.89. The summed E-state index contributed by atoms with van der Waals surface area (Å²) in [6.45, 7) is 1.97. The zero-order chi connectivity index (χ0) is 21.5. The molecule has 0 saturated heterocycles. The molecule has 0 aliphatic carbocycles. The van der Waals surface area contributed by atoms with Gasteiger partial charge < -0.3 is 15.4 Å². The Labute approximate surface area is 189 Å². The molecule has 3 aromatic rings. The molecule has 0 bridgehead atoms. The monoisotopic (exact) mass is 512 g/mol. The number of methoxy groups -OCH3 is 1. The van der Waals surface area contributed by atoms with Gasteiger partial charge in [0.05, 0.1) is 12.7 Å². The summed E-state index contributed by atoms with van der Waals surface area (Å²) in [5.74, 6) is -0.0477. The summed E-state index contributed by atoms with van der Waals surface area (Å²) < 4.78 is 5.98. The fourth-order valence-corrected chi connectivity index (χ4v) is 3.33. The molecule has 0 radical (unpaired) electrons. The summed E-state index contributed by atoms with van der Waals surface area (Å²) in [4.78, 5) is 25.8. The normalized spacial score (nSPS) is 11.0. The molecule has 0 saturated carbocycles. The highest BCUT2D eigenvalue weighted by atomic mass is 127. The van der Waals surface area contributed by atoms with Gasteiger partial charge >= 0.3 is 0 Å². The van der Waals surface area contributed by atoms with Gasteiger partial charge in [0, 0.05) is 9.26 Å². The Morgan fingerprint density at radius 2 is 1.60 bits per heavy atom. The van der Waals surface area contributed by atoms with Crippen LogP contribution in [0.25, 0.3) is 6.08 Å². The van der Waals surface area contributed by atoms with Crippen LogP contribution in [0.5, 0.6) is 5.75 Å². The number of halogens is 1. The molecular formula is C24H21IN2O3. The number of hydrogen-bond donors (Lipinski definition) is 2. The van der Waals surface area contributed by atoms with E-state index in [1.165, 1.54) is 0 Å². The highest BCUT2D eigenvalue weighted by Crippen LogP contribution is 2.17. The van der Waals surface area contributed by atoms with Gasteiger partial charge in [-0.05, 0) is 77.6 Å². The summed E-state index contributed by atoms with van der Waals surface area (Å²) in [5, 5.41) is 5.59. The van der Waals surface area contributed by atoms with Crippen LogP contribution in [0.1, 0.15) is 21.5 Å². The maximum atomic E-state index is 13.0. The number of rotatable bonds is 6. The molecule has 30 heavy (non-hydrogen) atoms. The lowest BCUT2D eigenvalue weighted by Gasteiger charge is -2.12. The minimum Gasteiger partial charge on any atom is -0.497 e. The first kappa shape index (κ1) is 21.6. The number of hydrogen-bond acceptors (Lipinski definition) is 3. The second-order valence-electron chi connectivity index (χ2n) is 6.59. The number of aryl methyl sites for hydroxylation is 1. The van der Waals surface area contributed by atoms with Gasteiger partial charge in [-0.15, -0.1) is 0 Å². The molecule has 0 aliphatic rings. The van der Waals surface area contributed by atoms with E-state index in [0.717, 1.165) is 14.7 Å². The quantitative estimate of drug-likeness (QED) is 0.360. The maximum absolute atomic E-state index is 13.0. The van der Waals surface area contributed by atoms with Crippen LogP contribution in [0.2, 0.25) is 0 Å². The molecular weight excluding hydrogens is 491 g/mol. The minimum absolute atomic E-state index is 0.144. The minimum atomic E-state index is -0.408. The molecule has 0 heterocycles. The Kier molecular flexibility index (Phi) is 7.24. The van der Waals surface area contributed by atoms with Crippen LogP contribution < -0.4 is 15.4 Å². The molecule has 0 aliphatic heterocycles. The molecule has 0 spiro atoms. The SMILES string of the molecule is COc1ccc(/C=C(/NC(=O)c2ccccc2I)C(=O)Nc2ccc(C)cc2)cc1. The van der Waals surface area contributed by atoms with Gasteiger partial charge in [-0.25, -0.2) is 0 Å². The van der Waals surface area contributed by atoms with E-state index in [2.05, 4.69) is 33.2 Å². The van der Waals surface area contributed by atoms with Crippen LogP contribution in [0.4, 0.5) is 5.69 Å². The Hall–Kier alpha value is -3.13. The molecule has 6 heteroatoms. The van der Waals surface area contributed by atoms with Crippen LogP contribution in [-0.4, -0.2) is 18.9 Å². The molecule has 5 nitrogen and oxygen atoms in total. The summed E-state index contributed by atoms with van der Waals surface area (Å²) in [6.07, 6.45) is 1.64. The van der Waals surface area contributed by atoms with Crippen molar-refractivity contribution < 1.29 is 14.3 Å². The summed E-state index contributed by atoms with van der Waals surface area (Å²) in [5.41, 5.74) is 3.14. The first-order valence-corrected chi connectivity index (χ1v) is 10.3. The summed E-state index contributed by atoms with van der Waals surface area (Å²) in [6, 6.07) is 21.9. The zero-order valence-corrected chi connectivity index (χ0v) is 18.8. The fourth-order valence-electron chi connectivity index (χ4n) is 2.70. The third-order valence-electron chi connectivity index (χ3n) is 4.35. The molecule has 152 valence electrons. The lowest BCUT2D eigenvalue weighted by molar-refractivity contribution is -0.113. The van der Waals surface area contributed by atoms with E-state index in [9.17, 15) is 9.59 Å². The number of carbonyl (C=O) groups is 2. The number of nitrogens with one attached hydrogen (secondary N) is 2. The van der Waals surface area contributed by atoms with E-state index >= 15 is 0 Å². The highest BCUT2D eigenvalue weighted by Gasteiger charge is 2.16. The van der Waals surface area contributed by atoms with E-state index in [-0.39, 0.29) is 11.6 Å². The number of benzene rings is 3. The van der Waals surface area contributed by atoms with Gasteiger partial charge in [-0.2, -0.15) is 0 Å². The lowest BCUT2D eigenvalue weighted by Crippen LogP contribution is -2.31. The Morgan fingerprint density at radius 1 is 0.933 bits per heavy atom. The van der Waals surface area contributed by atoms with Gasteiger partial charge in [-0.1, -0.05) is 42.0 Å². The van der Waals surface area contributed by atoms with E-state index in [1.54, 1.807) is 37.5 Å². The predicted molar refractivity (Wildman–Crippen MR) is 127 cm³/mol. The molecule has 3 rings (SSSR count). The van der Waals surface area contributed by atoms with Crippen molar-refractivity contribution in [1.82, 2.24) is 5.32 Å². The highest BCUT2D eigenvalue weighted by molar-refractivity contribution is 14.1. The molecule has 3 aromatic carbocycles. The van der Waals surface area contributed by atoms with Crippen molar-refractivity contribution in [2.75, 3.05) is 12.4 Å².